The molecule has 2 heteroatoms. The van der Waals surface area contributed by atoms with Crippen molar-refractivity contribution < 1.29 is 0 Å². The Morgan fingerprint density at radius 2 is 1.64 bits per heavy atom. The molecule has 0 rings (SSSR count). The van der Waals surface area contributed by atoms with Crippen LogP contribution in [0.5, 0.6) is 0 Å². The third-order valence-electron chi connectivity index (χ3n) is 3.84. The molecule has 0 saturated carbocycles. The van der Waals surface area contributed by atoms with Crippen molar-refractivity contribution in [1.82, 2.24) is 5.32 Å². The summed E-state index contributed by atoms with van der Waals surface area (Å²) in [5, 5.41) is 3.72. The average molecular weight is 353 g/mol. The van der Waals surface area contributed by atoms with E-state index in [2.05, 4.69) is 44.8 Å². The second-order valence-electron chi connectivity index (χ2n) is 5.62. The smallest absolute Gasteiger partial charge is 0.0331 e. The van der Waals surface area contributed by atoms with Crippen LogP contribution >= 0.6 is 0 Å². The first-order chi connectivity index (χ1) is 12.2. The zero-order chi connectivity index (χ0) is 19.9. The summed E-state index contributed by atoms with van der Waals surface area (Å²) in [6.45, 7) is 19.3. The first-order valence-corrected chi connectivity index (χ1v) is 10.7. The Morgan fingerprint density at radius 1 is 1.04 bits per heavy atom. The van der Waals surface area contributed by atoms with Crippen molar-refractivity contribution in [3.05, 3.63) is 36.1 Å². The summed E-state index contributed by atoms with van der Waals surface area (Å²) in [5.74, 6) is 0. The Labute approximate surface area is 160 Å². The lowest BCUT2D eigenvalue weighted by atomic mass is 10.0. The summed E-state index contributed by atoms with van der Waals surface area (Å²) in [7, 11) is 0. The van der Waals surface area contributed by atoms with Gasteiger partial charge in [-0.05, 0) is 51.1 Å². The van der Waals surface area contributed by atoms with Crippen molar-refractivity contribution in [2.45, 2.75) is 106 Å². The standard InChI is InChI=1S/C19H36N2.2C2H6/c1-5-13-17(15-11-9-10-12-16-20)19(8-4)21-18(7-3)14-6-2;2*1-2/h5,8,13,18,21H,1,6-7,9-12,14-16,20H2,2-4H3;2*1-2H3/b17-13-,19-8+;;. The summed E-state index contributed by atoms with van der Waals surface area (Å²) in [6.07, 6.45) is 15.9. The zero-order valence-electron chi connectivity index (χ0n) is 18.5. The van der Waals surface area contributed by atoms with Gasteiger partial charge in [0, 0.05) is 11.7 Å². The van der Waals surface area contributed by atoms with Gasteiger partial charge in [0.1, 0.15) is 0 Å². The van der Waals surface area contributed by atoms with Crippen molar-refractivity contribution in [1.29, 1.82) is 0 Å². The highest BCUT2D eigenvalue weighted by molar-refractivity contribution is 5.32. The lowest BCUT2D eigenvalue weighted by Crippen LogP contribution is -2.28. The molecule has 2 nitrogen and oxygen atoms in total. The second kappa shape index (κ2) is 25.2. The quantitative estimate of drug-likeness (QED) is 0.273. The van der Waals surface area contributed by atoms with Gasteiger partial charge in [-0.3, -0.25) is 0 Å². The predicted molar refractivity (Wildman–Crippen MR) is 119 cm³/mol. The maximum absolute atomic E-state index is 5.54. The van der Waals surface area contributed by atoms with Crippen LogP contribution in [0.2, 0.25) is 0 Å². The summed E-state index contributed by atoms with van der Waals surface area (Å²) in [4.78, 5) is 0. The third kappa shape index (κ3) is 17.6. The van der Waals surface area contributed by atoms with E-state index < -0.39 is 0 Å². The van der Waals surface area contributed by atoms with E-state index in [4.69, 9.17) is 5.73 Å². The molecule has 0 saturated heterocycles. The van der Waals surface area contributed by atoms with E-state index >= 15 is 0 Å². The molecule has 0 aromatic heterocycles. The number of nitrogens with one attached hydrogen (secondary N) is 1. The second-order valence-corrected chi connectivity index (χ2v) is 5.62. The van der Waals surface area contributed by atoms with Gasteiger partial charge in [-0.1, -0.05) is 85.6 Å². The Balaban J connectivity index is -0.00000112. The van der Waals surface area contributed by atoms with E-state index in [0.717, 1.165) is 19.4 Å². The highest BCUT2D eigenvalue weighted by atomic mass is 14.9. The number of nitrogens with two attached hydrogens (primary N) is 1. The summed E-state index contributed by atoms with van der Waals surface area (Å²) >= 11 is 0. The maximum Gasteiger partial charge on any atom is 0.0331 e. The molecule has 0 bridgehead atoms. The van der Waals surface area contributed by atoms with Crippen LogP contribution in [0.1, 0.15) is 99.8 Å². The van der Waals surface area contributed by atoms with Gasteiger partial charge >= 0.3 is 0 Å². The molecule has 0 radical (unpaired) electrons. The Kier molecular flexibility index (Phi) is 29.0. The van der Waals surface area contributed by atoms with Crippen LogP contribution < -0.4 is 11.1 Å². The Bertz CT molecular complexity index is 316. The van der Waals surface area contributed by atoms with Gasteiger partial charge in [-0.2, -0.15) is 0 Å². The highest BCUT2D eigenvalue weighted by Crippen LogP contribution is 2.18. The fourth-order valence-electron chi connectivity index (χ4n) is 2.57. The van der Waals surface area contributed by atoms with Crippen LogP contribution in [0.4, 0.5) is 0 Å². The molecule has 0 spiro atoms. The Morgan fingerprint density at radius 3 is 2.08 bits per heavy atom. The number of hydrogen-bond donors (Lipinski definition) is 2. The van der Waals surface area contributed by atoms with Crippen LogP contribution in [0.3, 0.4) is 0 Å². The Hall–Kier alpha value is -1.02. The molecule has 0 aliphatic rings. The molecule has 1 unspecified atom stereocenters. The number of allylic oxidation sites excluding steroid dienone is 4. The van der Waals surface area contributed by atoms with Crippen LogP contribution in [0.15, 0.2) is 36.1 Å². The molecule has 0 aromatic rings. The van der Waals surface area contributed by atoms with Gasteiger partial charge in [0.15, 0.2) is 0 Å². The van der Waals surface area contributed by atoms with Crippen LogP contribution in [0.25, 0.3) is 0 Å². The lowest BCUT2D eigenvalue weighted by Gasteiger charge is -2.22. The fraction of sp³-hybridized carbons (Fsp3) is 0.739. The first kappa shape index (κ1) is 28.8. The van der Waals surface area contributed by atoms with Crippen molar-refractivity contribution in [3.8, 4) is 0 Å². The van der Waals surface area contributed by atoms with Crippen LogP contribution in [-0.2, 0) is 0 Å². The lowest BCUT2D eigenvalue weighted by molar-refractivity contribution is 0.505. The number of hydrogen-bond acceptors (Lipinski definition) is 2. The van der Waals surface area contributed by atoms with E-state index in [-0.39, 0.29) is 0 Å². The fourth-order valence-corrected chi connectivity index (χ4v) is 2.57. The summed E-state index contributed by atoms with van der Waals surface area (Å²) < 4.78 is 0. The minimum Gasteiger partial charge on any atom is -0.382 e. The third-order valence-corrected chi connectivity index (χ3v) is 3.84. The molecule has 0 heterocycles. The van der Waals surface area contributed by atoms with Crippen molar-refractivity contribution in [3.63, 3.8) is 0 Å². The molecule has 25 heavy (non-hydrogen) atoms. The monoisotopic (exact) mass is 352 g/mol. The highest BCUT2D eigenvalue weighted by Gasteiger charge is 2.09. The van der Waals surface area contributed by atoms with Gasteiger partial charge in [0.25, 0.3) is 0 Å². The average Bonchev–Trinajstić information content (AvgIpc) is 2.67. The van der Waals surface area contributed by atoms with E-state index in [0.29, 0.717) is 6.04 Å². The predicted octanol–water partition coefficient (Wildman–Crippen LogP) is 7.13. The van der Waals surface area contributed by atoms with Gasteiger partial charge in [-0.15, -0.1) is 0 Å². The number of unbranched alkanes of at least 4 members (excludes halogenated alkanes) is 3. The molecule has 0 amide bonds. The topological polar surface area (TPSA) is 38.0 Å². The van der Waals surface area contributed by atoms with E-state index in [9.17, 15) is 0 Å². The molecule has 3 N–H and O–H groups in total. The largest absolute Gasteiger partial charge is 0.382 e. The molecule has 0 fully saturated rings. The normalized spacial score (nSPS) is 12.3. The molecule has 0 aromatic carbocycles. The van der Waals surface area contributed by atoms with Crippen molar-refractivity contribution in [2.24, 2.45) is 5.73 Å². The van der Waals surface area contributed by atoms with Gasteiger partial charge in [-0.25, -0.2) is 0 Å². The molecule has 0 aliphatic carbocycles. The molecule has 150 valence electrons. The van der Waals surface area contributed by atoms with Gasteiger partial charge in [0.05, 0.1) is 0 Å². The first-order valence-electron chi connectivity index (χ1n) is 10.7. The van der Waals surface area contributed by atoms with Gasteiger partial charge < -0.3 is 11.1 Å². The van der Waals surface area contributed by atoms with Crippen molar-refractivity contribution in [2.75, 3.05) is 6.54 Å². The minimum absolute atomic E-state index is 0.576. The molecule has 0 aliphatic heterocycles. The summed E-state index contributed by atoms with van der Waals surface area (Å²) in [5.41, 5.74) is 8.21. The van der Waals surface area contributed by atoms with Crippen LogP contribution in [-0.4, -0.2) is 12.6 Å². The van der Waals surface area contributed by atoms with Crippen LogP contribution in [0, 0.1) is 0 Å². The molecule has 1 atom stereocenters. The van der Waals surface area contributed by atoms with E-state index in [1.807, 2.05) is 33.8 Å². The summed E-state index contributed by atoms with van der Waals surface area (Å²) in [6, 6.07) is 0.576. The molecular formula is C23H48N2. The number of rotatable bonds is 13. The van der Waals surface area contributed by atoms with Gasteiger partial charge in [0.2, 0.25) is 0 Å². The minimum atomic E-state index is 0.576. The zero-order valence-corrected chi connectivity index (χ0v) is 18.5. The van der Waals surface area contributed by atoms with E-state index in [1.54, 1.807) is 0 Å². The SMILES string of the molecule is C=C/C=C(CCCCCCN)\C(=C/C)NC(CC)CCC.CC.CC. The maximum atomic E-state index is 5.54. The van der Waals surface area contributed by atoms with E-state index in [1.165, 1.54) is 49.8 Å². The molecular weight excluding hydrogens is 304 g/mol. The van der Waals surface area contributed by atoms with Crippen molar-refractivity contribution >= 4 is 0 Å².